The first-order valence-electron chi connectivity index (χ1n) is 3.62. The van der Waals surface area contributed by atoms with Crippen LogP contribution in [0.3, 0.4) is 0 Å². The van der Waals surface area contributed by atoms with E-state index in [1.54, 1.807) is 0 Å². The third-order valence-corrected chi connectivity index (χ3v) is 2.97. The molecule has 0 aromatic rings. The van der Waals surface area contributed by atoms with Crippen molar-refractivity contribution in [2.45, 2.75) is 11.7 Å². The topological polar surface area (TPSA) is 0 Å². The van der Waals surface area contributed by atoms with Crippen molar-refractivity contribution in [3.63, 3.8) is 0 Å². The summed E-state index contributed by atoms with van der Waals surface area (Å²) in [5.74, 6) is 0.670. The fraction of sp³-hybridized carbons (Fsp3) is 0.333. The Hall–Kier alpha value is -0.430. The van der Waals surface area contributed by atoms with E-state index in [1.165, 1.54) is 0 Å². The summed E-state index contributed by atoms with van der Waals surface area (Å²) in [4.78, 5) is 0. The van der Waals surface area contributed by atoms with Crippen molar-refractivity contribution in [3.05, 3.63) is 35.8 Å². The van der Waals surface area contributed by atoms with Crippen LogP contribution in [0.5, 0.6) is 0 Å². The van der Waals surface area contributed by atoms with Gasteiger partial charge in [0.15, 0.2) is 0 Å². The highest BCUT2D eigenvalue weighted by Gasteiger charge is 2.18. The monoisotopic (exact) mass is 150 g/mol. The molecule has 2 atom stereocenters. The minimum absolute atomic E-state index is 0.670. The highest BCUT2D eigenvalue weighted by Crippen LogP contribution is 2.32. The molecule has 0 aromatic carbocycles. The Bertz CT molecular complexity index is 201. The van der Waals surface area contributed by atoms with Gasteiger partial charge in [-0.3, -0.25) is 0 Å². The first kappa shape index (κ1) is 6.29. The molecule has 1 heterocycles. The molecule has 0 amide bonds. The lowest BCUT2D eigenvalue weighted by Gasteiger charge is -2.07. The summed E-state index contributed by atoms with van der Waals surface area (Å²) in [6, 6.07) is 0. The molecule has 0 aromatic heterocycles. The Labute approximate surface area is 65.7 Å². The van der Waals surface area contributed by atoms with E-state index in [1.807, 2.05) is 11.8 Å². The fourth-order valence-corrected chi connectivity index (χ4v) is 2.32. The average Bonchev–Trinajstić information content (AvgIpc) is 2.28. The van der Waals surface area contributed by atoms with Gasteiger partial charge >= 0.3 is 0 Å². The minimum atomic E-state index is 0.670. The molecule has 0 radical (unpaired) electrons. The lowest BCUT2D eigenvalue weighted by Crippen LogP contribution is -2.03. The van der Waals surface area contributed by atoms with Crippen LogP contribution in [0.2, 0.25) is 0 Å². The van der Waals surface area contributed by atoms with Crippen molar-refractivity contribution in [3.8, 4) is 0 Å². The third kappa shape index (κ3) is 1.06. The molecule has 2 rings (SSSR count). The standard InChI is InChI=1S/C9H10S/c1-2-4-8-6-7-10-9(8)5-3-1/h2-9H,1H2. The number of hydrogen-bond acceptors (Lipinski definition) is 1. The highest BCUT2D eigenvalue weighted by atomic mass is 32.2. The van der Waals surface area contributed by atoms with Gasteiger partial charge < -0.3 is 0 Å². The SMILES string of the molecule is C1=CC2C=CSC2C=CC1. The largest absolute Gasteiger partial charge is 0.126 e. The van der Waals surface area contributed by atoms with E-state index in [9.17, 15) is 0 Å². The normalized spacial score (nSPS) is 36.0. The smallest absolute Gasteiger partial charge is 0.0366 e. The van der Waals surface area contributed by atoms with Crippen molar-refractivity contribution in [1.82, 2.24) is 0 Å². The lowest BCUT2D eigenvalue weighted by molar-refractivity contribution is 0.871. The number of fused-ring (bicyclic) bond motifs is 1. The summed E-state index contributed by atoms with van der Waals surface area (Å²) >= 11 is 1.92. The van der Waals surface area contributed by atoms with E-state index < -0.39 is 0 Å². The zero-order chi connectivity index (χ0) is 6.81. The van der Waals surface area contributed by atoms with Crippen molar-refractivity contribution in [1.29, 1.82) is 0 Å². The van der Waals surface area contributed by atoms with Gasteiger partial charge in [0.25, 0.3) is 0 Å². The van der Waals surface area contributed by atoms with Gasteiger partial charge in [0.1, 0.15) is 0 Å². The summed E-state index contributed by atoms with van der Waals surface area (Å²) in [7, 11) is 0. The molecule has 1 aliphatic heterocycles. The van der Waals surface area contributed by atoms with Crippen LogP contribution >= 0.6 is 11.8 Å². The number of allylic oxidation sites excluding steroid dienone is 4. The van der Waals surface area contributed by atoms with Gasteiger partial charge in [-0.1, -0.05) is 30.4 Å². The first-order valence-corrected chi connectivity index (χ1v) is 4.56. The van der Waals surface area contributed by atoms with Crippen LogP contribution in [0.25, 0.3) is 0 Å². The van der Waals surface area contributed by atoms with Crippen LogP contribution in [0.1, 0.15) is 6.42 Å². The molecule has 0 bridgehead atoms. The van der Waals surface area contributed by atoms with Gasteiger partial charge in [-0.2, -0.15) is 0 Å². The molecular formula is C9H10S. The maximum atomic E-state index is 2.31. The van der Waals surface area contributed by atoms with Gasteiger partial charge in [0.05, 0.1) is 0 Å². The molecule has 1 heteroatoms. The highest BCUT2D eigenvalue weighted by molar-refractivity contribution is 8.03. The van der Waals surface area contributed by atoms with Crippen LogP contribution in [0, 0.1) is 5.92 Å². The molecule has 0 saturated heterocycles. The first-order chi connectivity index (χ1) is 4.97. The maximum Gasteiger partial charge on any atom is 0.0366 e. The fourth-order valence-electron chi connectivity index (χ4n) is 1.30. The second kappa shape index (κ2) is 2.67. The Morgan fingerprint density at radius 3 is 3.00 bits per heavy atom. The Morgan fingerprint density at radius 1 is 1.10 bits per heavy atom. The van der Waals surface area contributed by atoms with Gasteiger partial charge in [-0.05, 0) is 11.8 Å². The van der Waals surface area contributed by atoms with Gasteiger partial charge in [-0.15, -0.1) is 11.8 Å². The van der Waals surface area contributed by atoms with Crippen molar-refractivity contribution in [2.24, 2.45) is 5.92 Å². The molecule has 0 N–H and O–H groups in total. The van der Waals surface area contributed by atoms with Gasteiger partial charge in [0.2, 0.25) is 0 Å². The summed E-state index contributed by atoms with van der Waals surface area (Å²) in [6.45, 7) is 0. The summed E-state index contributed by atoms with van der Waals surface area (Å²) in [6.07, 6.45) is 12.5. The second-order valence-corrected chi connectivity index (χ2v) is 3.69. The van der Waals surface area contributed by atoms with Gasteiger partial charge in [-0.25, -0.2) is 0 Å². The molecule has 0 spiro atoms. The molecule has 0 saturated carbocycles. The zero-order valence-corrected chi connectivity index (χ0v) is 6.55. The molecule has 1 aliphatic carbocycles. The Morgan fingerprint density at radius 2 is 2.00 bits per heavy atom. The summed E-state index contributed by atoms with van der Waals surface area (Å²) in [5, 5.41) is 2.90. The molecule has 10 heavy (non-hydrogen) atoms. The van der Waals surface area contributed by atoms with Crippen molar-refractivity contribution in [2.75, 3.05) is 0 Å². The van der Waals surface area contributed by atoms with Crippen LogP contribution in [-0.2, 0) is 0 Å². The van der Waals surface area contributed by atoms with Crippen LogP contribution in [0.15, 0.2) is 35.8 Å². The molecule has 52 valence electrons. The molecular weight excluding hydrogens is 140 g/mol. The van der Waals surface area contributed by atoms with Crippen molar-refractivity contribution < 1.29 is 0 Å². The number of rotatable bonds is 0. The van der Waals surface area contributed by atoms with Crippen molar-refractivity contribution >= 4 is 11.8 Å². The number of hydrogen-bond donors (Lipinski definition) is 0. The number of thioether (sulfide) groups is 1. The quantitative estimate of drug-likeness (QED) is 0.478. The molecule has 0 nitrogen and oxygen atoms in total. The molecule has 0 fully saturated rings. The summed E-state index contributed by atoms with van der Waals surface area (Å²) < 4.78 is 0. The Balaban J connectivity index is 2.22. The second-order valence-electron chi connectivity index (χ2n) is 2.60. The zero-order valence-electron chi connectivity index (χ0n) is 5.73. The molecule has 2 aliphatic rings. The summed E-state index contributed by atoms with van der Waals surface area (Å²) in [5.41, 5.74) is 0. The maximum absolute atomic E-state index is 2.31. The van der Waals surface area contributed by atoms with E-state index in [-0.39, 0.29) is 0 Å². The third-order valence-electron chi connectivity index (χ3n) is 1.87. The molecule has 2 unspecified atom stereocenters. The Kier molecular flexibility index (Phi) is 1.68. The van der Waals surface area contributed by atoms with E-state index in [0.717, 1.165) is 6.42 Å². The van der Waals surface area contributed by atoms with E-state index in [4.69, 9.17) is 0 Å². The van der Waals surface area contributed by atoms with Crippen LogP contribution in [0.4, 0.5) is 0 Å². The predicted octanol–water partition coefficient (Wildman–Crippen LogP) is 2.75. The average molecular weight is 150 g/mol. The lowest BCUT2D eigenvalue weighted by atomic mass is 10.1. The van der Waals surface area contributed by atoms with E-state index >= 15 is 0 Å². The van der Waals surface area contributed by atoms with E-state index in [2.05, 4.69) is 35.8 Å². The minimum Gasteiger partial charge on any atom is -0.126 e. The van der Waals surface area contributed by atoms with E-state index in [0.29, 0.717) is 11.2 Å². The van der Waals surface area contributed by atoms with Crippen LogP contribution < -0.4 is 0 Å². The van der Waals surface area contributed by atoms with Gasteiger partial charge in [0, 0.05) is 11.2 Å². The van der Waals surface area contributed by atoms with Crippen LogP contribution in [-0.4, -0.2) is 5.25 Å². The predicted molar refractivity (Wildman–Crippen MR) is 46.9 cm³/mol.